The van der Waals surface area contributed by atoms with Crippen molar-refractivity contribution in [3.63, 3.8) is 0 Å². The monoisotopic (exact) mass is 290 g/mol. The summed E-state index contributed by atoms with van der Waals surface area (Å²) < 4.78 is 0. The molecule has 1 aromatic carbocycles. The predicted molar refractivity (Wildman–Crippen MR) is 78.0 cm³/mol. The molecule has 1 heterocycles. The van der Waals surface area contributed by atoms with E-state index < -0.39 is 0 Å². The first-order valence-corrected chi connectivity index (χ1v) is 6.58. The molecule has 0 bridgehead atoms. The first kappa shape index (κ1) is 14.3. The first-order chi connectivity index (χ1) is 9.58. The van der Waals surface area contributed by atoms with Gasteiger partial charge in [-0.3, -0.25) is 9.78 Å². The van der Waals surface area contributed by atoms with E-state index in [1.165, 1.54) is 12.1 Å². The van der Waals surface area contributed by atoms with Crippen molar-refractivity contribution in [1.82, 2.24) is 9.88 Å². The Bertz CT molecular complexity index is 602. The lowest BCUT2D eigenvalue weighted by molar-refractivity contribution is 0.0793. The molecule has 0 aliphatic heterocycles. The van der Waals surface area contributed by atoms with Gasteiger partial charge in [0.05, 0.1) is 5.56 Å². The zero-order valence-corrected chi connectivity index (χ0v) is 11.8. The Labute approximate surface area is 122 Å². The molecule has 20 heavy (non-hydrogen) atoms. The van der Waals surface area contributed by atoms with E-state index in [0.29, 0.717) is 11.6 Å². The van der Waals surface area contributed by atoms with E-state index in [2.05, 4.69) is 4.98 Å². The highest BCUT2D eigenvalue weighted by atomic mass is 35.5. The molecule has 0 aliphatic carbocycles. The van der Waals surface area contributed by atoms with Crippen molar-refractivity contribution in [3.05, 3.63) is 58.9 Å². The van der Waals surface area contributed by atoms with Crippen LogP contribution in [0.25, 0.3) is 0 Å². The lowest BCUT2D eigenvalue weighted by Gasteiger charge is -2.17. The van der Waals surface area contributed by atoms with Gasteiger partial charge in [-0.2, -0.15) is 0 Å². The van der Waals surface area contributed by atoms with Gasteiger partial charge in [0.25, 0.3) is 5.91 Å². The Kier molecular flexibility index (Phi) is 4.58. The molecule has 0 atom stereocenters. The highest BCUT2D eigenvalue weighted by molar-refractivity contribution is 6.30. The molecule has 104 valence electrons. The molecule has 2 aromatic rings. The van der Waals surface area contributed by atoms with Crippen LogP contribution in [0.3, 0.4) is 0 Å². The number of likely N-dealkylation sites (N-methyl/N-ethyl adjacent to an activating group) is 1. The number of benzene rings is 1. The van der Waals surface area contributed by atoms with Gasteiger partial charge in [0.1, 0.15) is 5.75 Å². The second-order valence-corrected chi connectivity index (χ2v) is 4.93. The first-order valence-electron chi connectivity index (χ1n) is 6.21. The summed E-state index contributed by atoms with van der Waals surface area (Å²) in [5, 5.41) is 10.2. The minimum Gasteiger partial charge on any atom is -0.507 e. The van der Waals surface area contributed by atoms with Gasteiger partial charge in [0, 0.05) is 31.0 Å². The highest BCUT2D eigenvalue weighted by Crippen LogP contribution is 2.23. The smallest absolute Gasteiger partial charge is 0.257 e. The number of amides is 1. The number of hydrogen-bond donors (Lipinski definition) is 1. The highest BCUT2D eigenvalue weighted by Gasteiger charge is 2.15. The Balaban J connectivity index is 2.01. The summed E-state index contributed by atoms with van der Waals surface area (Å²) in [7, 11) is 1.71. The number of carbonyl (C=O) groups is 1. The summed E-state index contributed by atoms with van der Waals surface area (Å²) in [5.41, 5.74) is 1.37. The molecule has 1 N–H and O–H groups in total. The topological polar surface area (TPSA) is 53.4 Å². The zero-order chi connectivity index (χ0) is 14.5. The Morgan fingerprint density at radius 3 is 2.65 bits per heavy atom. The van der Waals surface area contributed by atoms with Gasteiger partial charge in [-0.1, -0.05) is 11.6 Å². The molecule has 1 aromatic heterocycles. The predicted octanol–water partition coefficient (Wildman–Crippen LogP) is 2.76. The summed E-state index contributed by atoms with van der Waals surface area (Å²) >= 11 is 5.75. The summed E-state index contributed by atoms with van der Waals surface area (Å²) in [6, 6.07) is 8.32. The second kappa shape index (κ2) is 6.39. The van der Waals surface area contributed by atoms with Crippen molar-refractivity contribution in [1.29, 1.82) is 0 Å². The van der Waals surface area contributed by atoms with Crippen LogP contribution in [0, 0.1) is 0 Å². The average Bonchev–Trinajstić information content (AvgIpc) is 2.45. The van der Waals surface area contributed by atoms with Gasteiger partial charge in [0.15, 0.2) is 0 Å². The Morgan fingerprint density at radius 1 is 1.30 bits per heavy atom. The van der Waals surface area contributed by atoms with Crippen LogP contribution in [0.4, 0.5) is 0 Å². The minimum absolute atomic E-state index is 0.0988. The van der Waals surface area contributed by atoms with Crippen molar-refractivity contribution in [2.75, 3.05) is 13.6 Å². The van der Waals surface area contributed by atoms with Gasteiger partial charge in [-0.15, -0.1) is 0 Å². The number of halogens is 1. The molecule has 0 radical (unpaired) electrons. The third kappa shape index (κ3) is 3.48. The fraction of sp³-hybridized carbons (Fsp3) is 0.200. The fourth-order valence-electron chi connectivity index (χ4n) is 1.84. The fourth-order valence-corrected chi connectivity index (χ4v) is 2.01. The molecule has 0 aliphatic rings. The van der Waals surface area contributed by atoms with Crippen molar-refractivity contribution < 1.29 is 9.90 Å². The second-order valence-electron chi connectivity index (χ2n) is 4.49. The van der Waals surface area contributed by atoms with Crippen LogP contribution in [0.2, 0.25) is 5.02 Å². The number of phenols is 1. The van der Waals surface area contributed by atoms with Crippen LogP contribution in [0.5, 0.6) is 5.75 Å². The minimum atomic E-state index is -0.228. The molecule has 4 nitrogen and oxygen atoms in total. The van der Waals surface area contributed by atoms with E-state index in [1.54, 1.807) is 30.4 Å². The molecular weight excluding hydrogens is 276 g/mol. The van der Waals surface area contributed by atoms with Crippen LogP contribution in [0.15, 0.2) is 42.7 Å². The molecule has 5 heteroatoms. The van der Waals surface area contributed by atoms with E-state index >= 15 is 0 Å². The van der Waals surface area contributed by atoms with Gasteiger partial charge < -0.3 is 10.0 Å². The molecule has 0 saturated carbocycles. The zero-order valence-electron chi connectivity index (χ0n) is 11.1. The Hall–Kier alpha value is -2.07. The third-order valence-corrected chi connectivity index (χ3v) is 3.26. The van der Waals surface area contributed by atoms with Gasteiger partial charge in [-0.25, -0.2) is 0 Å². The SMILES string of the molecule is CN(CCc1ccncc1)C(=O)c1ccc(Cl)cc1O. The maximum atomic E-state index is 12.2. The molecule has 0 saturated heterocycles. The number of hydrogen-bond acceptors (Lipinski definition) is 3. The van der Waals surface area contributed by atoms with Crippen LogP contribution in [-0.4, -0.2) is 34.5 Å². The van der Waals surface area contributed by atoms with Gasteiger partial charge >= 0.3 is 0 Å². The maximum Gasteiger partial charge on any atom is 0.257 e. The number of phenolic OH excluding ortho intramolecular Hbond substituents is 1. The molecule has 0 spiro atoms. The number of rotatable bonds is 4. The molecule has 0 fully saturated rings. The third-order valence-electron chi connectivity index (χ3n) is 3.02. The van der Waals surface area contributed by atoms with Crippen LogP contribution < -0.4 is 0 Å². The average molecular weight is 291 g/mol. The van der Waals surface area contributed by atoms with Crippen molar-refractivity contribution in [2.45, 2.75) is 6.42 Å². The van der Waals surface area contributed by atoms with Crippen LogP contribution in [-0.2, 0) is 6.42 Å². The van der Waals surface area contributed by atoms with E-state index in [0.717, 1.165) is 12.0 Å². The van der Waals surface area contributed by atoms with Gasteiger partial charge in [0.2, 0.25) is 0 Å². The number of aromatic nitrogens is 1. The van der Waals surface area contributed by atoms with Crippen molar-refractivity contribution in [3.8, 4) is 5.75 Å². The lowest BCUT2D eigenvalue weighted by Crippen LogP contribution is -2.28. The number of aromatic hydroxyl groups is 1. The summed E-state index contributed by atoms with van der Waals surface area (Å²) in [4.78, 5) is 17.7. The van der Waals surface area contributed by atoms with Crippen LogP contribution >= 0.6 is 11.6 Å². The maximum absolute atomic E-state index is 12.2. The quantitative estimate of drug-likeness (QED) is 0.942. The van der Waals surface area contributed by atoms with E-state index in [4.69, 9.17) is 11.6 Å². The lowest BCUT2D eigenvalue weighted by atomic mass is 10.1. The number of carbonyl (C=O) groups excluding carboxylic acids is 1. The van der Waals surface area contributed by atoms with E-state index in [9.17, 15) is 9.90 Å². The summed E-state index contributed by atoms with van der Waals surface area (Å²) in [6.45, 7) is 0.560. The molecule has 1 amide bonds. The Morgan fingerprint density at radius 2 is 2.00 bits per heavy atom. The number of pyridine rings is 1. The standard InChI is InChI=1S/C15H15ClN2O2/c1-18(9-6-11-4-7-17-8-5-11)15(20)13-3-2-12(16)10-14(13)19/h2-5,7-8,10,19H,6,9H2,1H3. The summed E-state index contributed by atoms with van der Waals surface area (Å²) in [5.74, 6) is -0.327. The summed E-state index contributed by atoms with van der Waals surface area (Å²) in [6.07, 6.45) is 4.18. The molecule has 2 rings (SSSR count). The molecular formula is C15H15ClN2O2. The van der Waals surface area contributed by atoms with E-state index in [1.807, 2.05) is 12.1 Å². The van der Waals surface area contributed by atoms with Crippen molar-refractivity contribution >= 4 is 17.5 Å². The number of nitrogens with zero attached hydrogens (tertiary/aromatic N) is 2. The molecule has 0 unspecified atom stereocenters. The normalized spacial score (nSPS) is 10.3. The van der Waals surface area contributed by atoms with Crippen LogP contribution in [0.1, 0.15) is 15.9 Å². The van der Waals surface area contributed by atoms with Gasteiger partial charge in [-0.05, 0) is 42.3 Å². The van der Waals surface area contributed by atoms with E-state index in [-0.39, 0.29) is 17.2 Å². The van der Waals surface area contributed by atoms with Crippen molar-refractivity contribution in [2.24, 2.45) is 0 Å². The largest absolute Gasteiger partial charge is 0.507 e.